The Morgan fingerprint density at radius 2 is 1.64 bits per heavy atom. The first-order valence-electron chi connectivity index (χ1n) is 7.87. The molecular formula is C18H30O4. The van der Waals surface area contributed by atoms with Crippen molar-refractivity contribution in [3.8, 4) is 11.5 Å². The Morgan fingerprint density at radius 1 is 1.09 bits per heavy atom. The first-order valence-corrected chi connectivity index (χ1v) is 7.87. The summed E-state index contributed by atoms with van der Waals surface area (Å²) in [6, 6.07) is 0. The van der Waals surface area contributed by atoms with E-state index in [1.54, 1.807) is 0 Å². The molecule has 4 nitrogen and oxygen atoms in total. The van der Waals surface area contributed by atoms with E-state index in [-0.39, 0.29) is 24.4 Å². The number of hydrogen-bond acceptors (Lipinski definition) is 4. The molecular weight excluding hydrogens is 280 g/mol. The molecule has 1 aromatic rings. The molecule has 0 aromatic heterocycles. The van der Waals surface area contributed by atoms with Gasteiger partial charge in [-0.25, -0.2) is 0 Å². The molecule has 4 heteroatoms. The summed E-state index contributed by atoms with van der Waals surface area (Å²) in [6.07, 6.45) is 0.576. The number of carbonyl (C=O) groups is 1. The van der Waals surface area contributed by atoms with Crippen molar-refractivity contribution in [1.29, 1.82) is 0 Å². The van der Waals surface area contributed by atoms with Gasteiger partial charge >= 0.3 is 5.97 Å². The molecule has 0 spiro atoms. The van der Waals surface area contributed by atoms with E-state index < -0.39 is 0 Å². The Balaban J connectivity index is 0.00000211. The Hall–Kier alpha value is -1.71. The summed E-state index contributed by atoms with van der Waals surface area (Å²) in [5.41, 5.74) is 3.45. The molecule has 0 saturated carbocycles. The van der Waals surface area contributed by atoms with Crippen molar-refractivity contribution in [2.24, 2.45) is 0 Å². The van der Waals surface area contributed by atoms with Crippen LogP contribution in [0.15, 0.2) is 0 Å². The Bertz CT molecular complexity index is 505. The lowest BCUT2D eigenvalue weighted by Crippen LogP contribution is -2.13. The Labute approximate surface area is 134 Å². The molecule has 0 bridgehead atoms. The molecule has 126 valence electrons. The van der Waals surface area contributed by atoms with Gasteiger partial charge in [-0.2, -0.15) is 0 Å². The molecule has 0 aliphatic heterocycles. The first-order chi connectivity index (χ1) is 10.3. The highest BCUT2D eigenvalue weighted by Gasteiger charge is 2.19. The number of phenols is 1. The highest BCUT2D eigenvalue weighted by Crippen LogP contribution is 2.37. The van der Waals surface area contributed by atoms with Crippen molar-refractivity contribution >= 4 is 5.97 Å². The van der Waals surface area contributed by atoms with Gasteiger partial charge in [-0.05, 0) is 51.3 Å². The smallest absolute Gasteiger partial charge is 0.302 e. The van der Waals surface area contributed by atoms with E-state index in [4.69, 9.17) is 9.47 Å². The molecule has 0 aliphatic carbocycles. The van der Waals surface area contributed by atoms with Crippen LogP contribution < -0.4 is 4.74 Å². The second-order valence-corrected chi connectivity index (χ2v) is 5.29. The summed E-state index contributed by atoms with van der Waals surface area (Å²) in [5.74, 6) is 0.776. The van der Waals surface area contributed by atoms with Gasteiger partial charge in [-0.3, -0.25) is 4.79 Å². The predicted octanol–water partition coefficient (Wildman–Crippen LogP) is 4.24. The van der Waals surface area contributed by atoms with Gasteiger partial charge in [0.1, 0.15) is 11.5 Å². The summed E-state index contributed by atoms with van der Waals surface area (Å²) in [7, 11) is 0. The minimum Gasteiger partial charge on any atom is -0.507 e. The predicted molar refractivity (Wildman–Crippen MR) is 89.8 cm³/mol. The third kappa shape index (κ3) is 5.24. The van der Waals surface area contributed by atoms with Gasteiger partial charge in [0.2, 0.25) is 0 Å². The summed E-state index contributed by atoms with van der Waals surface area (Å²) in [6.45, 7) is 15.3. The molecule has 1 N–H and O–H groups in total. The highest BCUT2D eigenvalue weighted by atomic mass is 16.5. The van der Waals surface area contributed by atoms with Crippen molar-refractivity contribution in [2.45, 2.75) is 67.9 Å². The van der Waals surface area contributed by atoms with E-state index in [0.29, 0.717) is 6.42 Å². The van der Waals surface area contributed by atoms with E-state index in [9.17, 15) is 9.90 Å². The van der Waals surface area contributed by atoms with Gasteiger partial charge in [-0.15, -0.1) is 0 Å². The standard InChI is InChI=1S/C16H24O4.C2H6/c1-9(2)20-16-11(4)10(3)15(18)12(5)14(16)7-8-19-13(6)17;1-2/h9,18H,7-8H2,1-6H3;1-2H3. The topological polar surface area (TPSA) is 55.8 Å². The van der Waals surface area contributed by atoms with E-state index in [1.807, 2.05) is 48.5 Å². The molecule has 0 fully saturated rings. The Morgan fingerprint density at radius 3 is 2.09 bits per heavy atom. The summed E-state index contributed by atoms with van der Waals surface area (Å²) in [4.78, 5) is 10.9. The molecule has 0 atom stereocenters. The molecule has 0 unspecified atom stereocenters. The zero-order valence-electron chi connectivity index (χ0n) is 15.2. The minimum absolute atomic E-state index is 0.0459. The summed E-state index contributed by atoms with van der Waals surface area (Å²) < 4.78 is 10.9. The number of carbonyl (C=O) groups excluding carboxylic acids is 1. The maximum atomic E-state index is 10.9. The second-order valence-electron chi connectivity index (χ2n) is 5.29. The van der Waals surface area contributed by atoms with E-state index in [2.05, 4.69) is 0 Å². The van der Waals surface area contributed by atoms with Crippen LogP contribution in [0, 0.1) is 20.8 Å². The number of esters is 1. The van der Waals surface area contributed by atoms with Gasteiger partial charge in [0, 0.05) is 18.9 Å². The van der Waals surface area contributed by atoms with Gasteiger partial charge in [-0.1, -0.05) is 13.8 Å². The van der Waals surface area contributed by atoms with Crippen LogP contribution in [0.4, 0.5) is 0 Å². The SMILES string of the molecule is CC.CC(=O)OCCc1c(C)c(O)c(C)c(C)c1OC(C)C. The lowest BCUT2D eigenvalue weighted by molar-refractivity contribution is -0.140. The first kappa shape index (κ1) is 20.3. The van der Waals surface area contributed by atoms with E-state index in [1.165, 1.54) is 6.92 Å². The van der Waals surface area contributed by atoms with Crippen LogP contribution in [0.2, 0.25) is 0 Å². The number of rotatable bonds is 5. The van der Waals surface area contributed by atoms with Crippen LogP contribution in [0.1, 0.15) is 56.9 Å². The maximum Gasteiger partial charge on any atom is 0.302 e. The van der Waals surface area contributed by atoms with Gasteiger partial charge < -0.3 is 14.6 Å². The lowest BCUT2D eigenvalue weighted by atomic mass is 9.95. The molecule has 0 radical (unpaired) electrons. The number of benzene rings is 1. The van der Waals surface area contributed by atoms with Crippen LogP contribution in [0.3, 0.4) is 0 Å². The van der Waals surface area contributed by atoms with Crippen LogP contribution in [-0.4, -0.2) is 23.8 Å². The van der Waals surface area contributed by atoms with Crippen molar-refractivity contribution in [3.05, 3.63) is 22.3 Å². The molecule has 0 amide bonds. The van der Waals surface area contributed by atoms with Crippen LogP contribution >= 0.6 is 0 Å². The monoisotopic (exact) mass is 310 g/mol. The molecule has 0 aliphatic rings. The van der Waals surface area contributed by atoms with Crippen molar-refractivity contribution in [3.63, 3.8) is 0 Å². The molecule has 0 heterocycles. The van der Waals surface area contributed by atoms with E-state index >= 15 is 0 Å². The number of hydrogen-bond donors (Lipinski definition) is 1. The number of ether oxygens (including phenoxy) is 2. The molecule has 1 rings (SSSR count). The average molecular weight is 310 g/mol. The third-order valence-corrected chi connectivity index (χ3v) is 3.35. The zero-order valence-corrected chi connectivity index (χ0v) is 15.2. The fraction of sp³-hybridized carbons (Fsp3) is 0.611. The zero-order chi connectivity index (χ0) is 17.4. The van der Waals surface area contributed by atoms with Crippen LogP contribution in [0.25, 0.3) is 0 Å². The highest BCUT2D eigenvalue weighted by molar-refractivity contribution is 5.66. The Kier molecular flexibility index (Phi) is 8.61. The minimum atomic E-state index is -0.304. The fourth-order valence-corrected chi connectivity index (χ4v) is 2.16. The second kappa shape index (κ2) is 9.34. The largest absolute Gasteiger partial charge is 0.507 e. The van der Waals surface area contributed by atoms with E-state index in [0.717, 1.165) is 28.0 Å². The molecule has 22 heavy (non-hydrogen) atoms. The van der Waals surface area contributed by atoms with Crippen LogP contribution in [-0.2, 0) is 16.0 Å². The fourth-order valence-electron chi connectivity index (χ4n) is 2.16. The average Bonchev–Trinajstić information content (AvgIpc) is 2.47. The van der Waals surface area contributed by atoms with Gasteiger partial charge in [0.05, 0.1) is 12.7 Å². The molecule has 1 aromatic carbocycles. The van der Waals surface area contributed by atoms with Crippen LogP contribution in [0.5, 0.6) is 11.5 Å². The van der Waals surface area contributed by atoms with Crippen molar-refractivity contribution < 1.29 is 19.4 Å². The maximum absolute atomic E-state index is 10.9. The summed E-state index contributed by atoms with van der Waals surface area (Å²) in [5, 5.41) is 10.2. The molecule has 0 saturated heterocycles. The lowest BCUT2D eigenvalue weighted by Gasteiger charge is -2.21. The normalized spacial score (nSPS) is 10.0. The van der Waals surface area contributed by atoms with Crippen molar-refractivity contribution in [1.82, 2.24) is 0 Å². The van der Waals surface area contributed by atoms with Crippen molar-refractivity contribution in [2.75, 3.05) is 6.61 Å². The third-order valence-electron chi connectivity index (χ3n) is 3.35. The summed E-state index contributed by atoms with van der Waals surface area (Å²) >= 11 is 0. The number of phenolic OH excluding ortho intramolecular Hbond substituents is 1. The van der Waals surface area contributed by atoms with Gasteiger partial charge in [0.25, 0.3) is 0 Å². The quantitative estimate of drug-likeness (QED) is 0.827. The van der Waals surface area contributed by atoms with Gasteiger partial charge in [0.15, 0.2) is 0 Å². The number of aromatic hydroxyl groups is 1.